The van der Waals surface area contributed by atoms with Gasteiger partial charge in [-0.05, 0) is 6.92 Å². The molecule has 0 spiro atoms. The summed E-state index contributed by atoms with van der Waals surface area (Å²) in [6, 6.07) is 1.09. The fraction of sp³-hybridized carbons (Fsp3) is 0.167. The highest BCUT2D eigenvalue weighted by Gasteiger charge is 2.14. The molecule has 2 aromatic rings. The van der Waals surface area contributed by atoms with Gasteiger partial charge in [0.1, 0.15) is 5.82 Å². The van der Waals surface area contributed by atoms with Gasteiger partial charge in [0, 0.05) is 18.7 Å². The predicted molar refractivity (Wildman–Crippen MR) is 65.8 cm³/mol. The van der Waals surface area contributed by atoms with Crippen molar-refractivity contribution in [3.63, 3.8) is 0 Å². The Morgan fingerprint density at radius 1 is 1.10 bits per heavy atom. The first-order chi connectivity index (χ1) is 9.51. The van der Waals surface area contributed by atoms with E-state index in [9.17, 15) is 17.6 Å². The Kier molecular flexibility index (Phi) is 4.02. The summed E-state index contributed by atoms with van der Waals surface area (Å²) in [5.41, 5.74) is -0.553. The number of nitrogens with zero attached hydrogens (tertiary/aromatic N) is 2. The van der Waals surface area contributed by atoms with Gasteiger partial charge in [-0.15, -0.1) is 0 Å². The fourth-order valence-electron chi connectivity index (χ4n) is 1.47. The fourth-order valence-corrected chi connectivity index (χ4v) is 1.47. The van der Waals surface area contributed by atoms with Gasteiger partial charge in [-0.2, -0.15) is 4.98 Å². The third kappa shape index (κ3) is 2.95. The molecule has 0 aliphatic heterocycles. The molecular weight excluding hydrogens is 276 g/mol. The molecule has 0 aliphatic rings. The average molecular weight is 286 g/mol. The molecule has 0 saturated carbocycles. The van der Waals surface area contributed by atoms with Crippen molar-refractivity contribution >= 4 is 17.5 Å². The average Bonchev–Trinajstić information content (AvgIpc) is 2.39. The molecule has 0 aliphatic carbocycles. The van der Waals surface area contributed by atoms with Crippen LogP contribution in [0.4, 0.5) is 35.0 Å². The number of rotatable bonds is 4. The van der Waals surface area contributed by atoms with Gasteiger partial charge in [-0.25, -0.2) is 22.5 Å². The lowest BCUT2D eigenvalue weighted by Gasteiger charge is -2.09. The topological polar surface area (TPSA) is 49.8 Å². The number of anilines is 3. The maximum absolute atomic E-state index is 13.5. The molecule has 0 unspecified atom stereocenters. The molecular formula is C12H10F4N4. The SMILES string of the molecule is CCNc1ncc(F)c(Nc2cc(F)cc(F)c2F)n1. The Hall–Kier alpha value is -2.38. The van der Waals surface area contributed by atoms with Crippen molar-refractivity contribution in [1.29, 1.82) is 0 Å². The third-order valence-electron chi connectivity index (χ3n) is 2.33. The van der Waals surface area contributed by atoms with E-state index in [1.165, 1.54) is 0 Å². The molecule has 106 valence electrons. The van der Waals surface area contributed by atoms with E-state index in [0.29, 0.717) is 18.7 Å². The van der Waals surface area contributed by atoms with Crippen molar-refractivity contribution in [2.45, 2.75) is 6.92 Å². The Bertz CT molecular complexity index is 633. The first-order valence-electron chi connectivity index (χ1n) is 5.69. The second-order valence-electron chi connectivity index (χ2n) is 3.79. The Balaban J connectivity index is 2.36. The molecule has 1 aromatic heterocycles. The van der Waals surface area contributed by atoms with E-state index in [1.54, 1.807) is 6.92 Å². The zero-order valence-corrected chi connectivity index (χ0v) is 10.3. The van der Waals surface area contributed by atoms with Crippen LogP contribution in [0.1, 0.15) is 6.92 Å². The second kappa shape index (κ2) is 5.72. The molecule has 1 aromatic carbocycles. The minimum atomic E-state index is -1.38. The molecule has 2 N–H and O–H groups in total. The minimum Gasteiger partial charge on any atom is -0.354 e. The normalized spacial score (nSPS) is 10.4. The molecule has 20 heavy (non-hydrogen) atoms. The van der Waals surface area contributed by atoms with Crippen molar-refractivity contribution in [2.75, 3.05) is 17.2 Å². The van der Waals surface area contributed by atoms with Crippen LogP contribution in [0, 0.1) is 23.3 Å². The monoisotopic (exact) mass is 286 g/mol. The van der Waals surface area contributed by atoms with Crippen LogP contribution in [0.5, 0.6) is 0 Å². The minimum absolute atomic E-state index is 0.105. The van der Waals surface area contributed by atoms with Gasteiger partial charge in [0.05, 0.1) is 11.9 Å². The van der Waals surface area contributed by atoms with Crippen molar-refractivity contribution in [3.05, 3.63) is 41.6 Å². The van der Waals surface area contributed by atoms with E-state index in [0.717, 1.165) is 6.20 Å². The quantitative estimate of drug-likeness (QED) is 0.669. The summed E-state index contributed by atoms with van der Waals surface area (Å²) >= 11 is 0. The van der Waals surface area contributed by atoms with Crippen LogP contribution in [0.25, 0.3) is 0 Å². The zero-order valence-electron chi connectivity index (χ0n) is 10.3. The molecule has 4 nitrogen and oxygen atoms in total. The van der Waals surface area contributed by atoms with Gasteiger partial charge in [-0.1, -0.05) is 0 Å². The molecule has 0 amide bonds. The van der Waals surface area contributed by atoms with E-state index >= 15 is 0 Å². The summed E-state index contributed by atoms with van der Waals surface area (Å²) in [6.45, 7) is 2.27. The highest BCUT2D eigenvalue weighted by Crippen LogP contribution is 2.24. The van der Waals surface area contributed by atoms with E-state index in [2.05, 4.69) is 20.6 Å². The van der Waals surface area contributed by atoms with Crippen molar-refractivity contribution < 1.29 is 17.6 Å². The van der Waals surface area contributed by atoms with Gasteiger partial charge in [0.25, 0.3) is 0 Å². The Morgan fingerprint density at radius 2 is 1.85 bits per heavy atom. The lowest BCUT2D eigenvalue weighted by Crippen LogP contribution is -2.07. The van der Waals surface area contributed by atoms with E-state index in [-0.39, 0.29) is 11.8 Å². The third-order valence-corrected chi connectivity index (χ3v) is 2.33. The van der Waals surface area contributed by atoms with E-state index < -0.39 is 29.0 Å². The smallest absolute Gasteiger partial charge is 0.224 e. The predicted octanol–water partition coefficient (Wildman–Crippen LogP) is 3.21. The molecule has 8 heteroatoms. The maximum Gasteiger partial charge on any atom is 0.224 e. The van der Waals surface area contributed by atoms with Gasteiger partial charge < -0.3 is 10.6 Å². The Labute approximate surface area is 111 Å². The number of hydrogen-bond donors (Lipinski definition) is 2. The van der Waals surface area contributed by atoms with Crippen molar-refractivity contribution in [1.82, 2.24) is 9.97 Å². The van der Waals surface area contributed by atoms with Crippen LogP contribution >= 0.6 is 0 Å². The van der Waals surface area contributed by atoms with Gasteiger partial charge in [0.15, 0.2) is 23.3 Å². The van der Waals surface area contributed by atoms with E-state index in [1.807, 2.05) is 0 Å². The maximum atomic E-state index is 13.5. The standard InChI is InChI=1S/C12H10F4N4/c1-2-17-12-18-5-8(15)11(20-12)19-9-4-6(13)3-7(14)10(9)16/h3-5H,2H2,1H3,(H2,17,18,19,20). The number of aromatic nitrogens is 2. The van der Waals surface area contributed by atoms with Crippen LogP contribution in [-0.4, -0.2) is 16.5 Å². The molecule has 0 atom stereocenters. The summed E-state index contributed by atoms with van der Waals surface area (Å²) in [5, 5.41) is 4.93. The molecule has 0 bridgehead atoms. The molecule has 0 fully saturated rings. The number of nitrogens with one attached hydrogen (secondary N) is 2. The van der Waals surface area contributed by atoms with Crippen LogP contribution in [0.2, 0.25) is 0 Å². The summed E-state index contributed by atoms with van der Waals surface area (Å²) in [4.78, 5) is 7.39. The van der Waals surface area contributed by atoms with Crippen molar-refractivity contribution in [3.8, 4) is 0 Å². The highest BCUT2D eigenvalue weighted by molar-refractivity contribution is 5.58. The van der Waals surface area contributed by atoms with Crippen LogP contribution in [0.3, 0.4) is 0 Å². The van der Waals surface area contributed by atoms with Gasteiger partial charge >= 0.3 is 0 Å². The number of benzene rings is 1. The first-order valence-corrected chi connectivity index (χ1v) is 5.69. The zero-order chi connectivity index (χ0) is 14.7. The van der Waals surface area contributed by atoms with Crippen LogP contribution < -0.4 is 10.6 Å². The summed E-state index contributed by atoms with van der Waals surface area (Å²) in [7, 11) is 0. The van der Waals surface area contributed by atoms with Crippen LogP contribution in [0.15, 0.2) is 18.3 Å². The summed E-state index contributed by atoms with van der Waals surface area (Å²) in [5.74, 6) is -4.86. The molecule has 2 rings (SSSR count). The largest absolute Gasteiger partial charge is 0.354 e. The Morgan fingerprint density at radius 3 is 2.55 bits per heavy atom. The van der Waals surface area contributed by atoms with Crippen LogP contribution in [-0.2, 0) is 0 Å². The van der Waals surface area contributed by atoms with Crippen molar-refractivity contribution in [2.24, 2.45) is 0 Å². The number of hydrogen-bond acceptors (Lipinski definition) is 4. The van der Waals surface area contributed by atoms with Gasteiger partial charge in [0.2, 0.25) is 5.95 Å². The number of halogens is 4. The molecule has 1 heterocycles. The van der Waals surface area contributed by atoms with E-state index in [4.69, 9.17) is 0 Å². The lowest BCUT2D eigenvalue weighted by molar-refractivity contribution is 0.498. The first kappa shape index (κ1) is 14.0. The second-order valence-corrected chi connectivity index (χ2v) is 3.79. The highest BCUT2D eigenvalue weighted by atomic mass is 19.2. The lowest BCUT2D eigenvalue weighted by atomic mass is 10.3. The molecule has 0 radical (unpaired) electrons. The summed E-state index contributed by atoms with van der Waals surface area (Å²) in [6.07, 6.45) is 0.862. The summed E-state index contributed by atoms with van der Waals surface area (Å²) < 4.78 is 53.0. The van der Waals surface area contributed by atoms with Gasteiger partial charge in [-0.3, -0.25) is 0 Å². The molecule has 0 saturated heterocycles.